The Morgan fingerprint density at radius 2 is 1.76 bits per heavy atom. The Labute approximate surface area is 190 Å². The van der Waals surface area contributed by atoms with Crippen LogP contribution < -0.4 is 20.1 Å². The molecule has 0 aliphatic carbocycles. The highest BCUT2D eigenvalue weighted by Crippen LogP contribution is 2.19. The van der Waals surface area contributed by atoms with Crippen LogP contribution in [0.5, 0.6) is 5.75 Å². The molecular weight excluding hydrogens is 503 g/mol. The molecule has 0 bridgehead atoms. The molecule has 0 aromatic heterocycles. The largest absolute Gasteiger partial charge is 0.496 e. The number of methoxy groups -OCH3 is 1. The molecule has 3 N–H and O–H groups in total. The number of guanidine groups is 1. The second-order valence-corrected chi connectivity index (χ2v) is 8.30. The van der Waals surface area contributed by atoms with Gasteiger partial charge in [-0.15, -0.1) is 24.0 Å². The quantitative estimate of drug-likeness (QED) is 0.276. The van der Waals surface area contributed by atoms with Gasteiger partial charge >= 0.3 is 0 Å². The summed E-state index contributed by atoms with van der Waals surface area (Å²) in [5, 5.41) is 6.51. The van der Waals surface area contributed by atoms with Crippen molar-refractivity contribution in [1.29, 1.82) is 0 Å². The predicted octanol–water partition coefficient (Wildman–Crippen LogP) is 2.54. The van der Waals surface area contributed by atoms with Crippen LogP contribution in [0.1, 0.15) is 22.3 Å². The second kappa shape index (κ2) is 12.0. The average molecular weight is 532 g/mol. The molecule has 7 nitrogen and oxygen atoms in total. The highest BCUT2D eigenvalue weighted by molar-refractivity contribution is 14.0. The van der Waals surface area contributed by atoms with Crippen LogP contribution in [0.4, 0.5) is 0 Å². The Balaban J connectivity index is 0.00000420. The van der Waals surface area contributed by atoms with E-state index in [1.165, 1.54) is 7.05 Å². The number of hydrogen-bond donors (Lipinski definition) is 3. The van der Waals surface area contributed by atoms with Crippen molar-refractivity contribution in [3.05, 3.63) is 64.7 Å². The summed E-state index contributed by atoms with van der Waals surface area (Å²) >= 11 is 0. The Hall–Kier alpha value is -1.85. The van der Waals surface area contributed by atoms with E-state index in [9.17, 15) is 8.42 Å². The third-order valence-electron chi connectivity index (χ3n) is 4.23. The highest BCUT2D eigenvalue weighted by atomic mass is 127. The molecule has 0 spiro atoms. The van der Waals surface area contributed by atoms with E-state index >= 15 is 0 Å². The Morgan fingerprint density at radius 3 is 2.41 bits per heavy atom. The van der Waals surface area contributed by atoms with Gasteiger partial charge in [-0.1, -0.05) is 36.4 Å². The van der Waals surface area contributed by atoms with Gasteiger partial charge in [0, 0.05) is 25.7 Å². The summed E-state index contributed by atoms with van der Waals surface area (Å²) < 4.78 is 31.2. The van der Waals surface area contributed by atoms with Gasteiger partial charge < -0.3 is 15.4 Å². The van der Waals surface area contributed by atoms with E-state index in [1.54, 1.807) is 20.2 Å². The number of rotatable bonds is 8. The van der Waals surface area contributed by atoms with Crippen molar-refractivity contribution < 1.29 is 13.2 Å². The van der Waals surface area contributed by atoms with Crippen LogP contribution >= 0.6 is 24.0 Å². The molecule has 0 saturated carbocycles. The summed E-state index contributed by atoms with van der Waals surface area (Å²) in [7, 11) is 1.49. The molecule has 0 saturated heterocycles. The monoisotopic (exact) mass is 532 g/mol. The molecular formula is C20H29IN4O3S. The summed E-state index contributed by atoms with van der Waals surface area (Å²) in [6.45, 7) is 3.12. The van der Waals surface area contributed by atoms with Crippen molar-refractivity contribution >= 4 is 40.0 Å². The maximum absolute atomic E-state index is 11.7. The zero-order valence-electron chi connectivity index (χ0n) is 17.2. The molecule has 0 radical (unpaired) electrons. The van der Waals surface area contributed by atoms with Gasteiger partial charge in [0.05, 0.1) is 12.9 Å². The van der Waals surface area contributed by atoms with Crippen molar-refractivity contribution in [2.45, 2.75) is 25.8 Å². The van der Waals surface area contributed by atoms with E-state index < -0.39 is 10.0 Å². The van der Waals surface area contributed by atoms with Crippen LogP contribution in [0.2, 0.25) is 0 Å². The average Bonchev–Trinajstić information content (AvgIpc) is 2.68. The molecule has 0 heterocycles. The Bertz CT molecular complexity index is 933. The molecule has 0 atom stereocenters. The van der Waals surface area contributed by atoms with Crippen LogP contribution in [0.15, 0.2) is 47.5 Å². The van der Waals surface area contributed by atoms with E-state index in [2.05, 4.69) is 20.3 Å². The maximum atomic E-state index is 11.7. The molecule has 0 unspecified atom stereocenters. The number of nitrogens with one attached hydrogen (secondary N) is 3. The van der Waals surface area contributed by atoms with Crippen molar-refractivity contribution in [2.24, 2.45) is 4.99 Å². The first-order valence-corrected chi connectivity index (χ1v) is 10.6. The van der Waals surface area contributed by atoms with Gasteiger partial charge in [-0.25, -0.2) is 13.1 Å². The fourth-order valence-corrected chi connectivity index (χ4v) is 3.47. The Morgan fingerprint density at radius 1 is 1.07 bits per heavy atom. The van der Waals surface area contributed by atoms with E-state index in [0.717, 1.165) is 28.0 Å². The number of aliphatic imine (C=N–C) groups is 1. The number of nitrogens with zero attached hydrogens (tertiary/aromatic N) is 1. The van der Waals surface area contributed by atoms with E-state index in [1.807, 2.05) is 43.3 Å². The fourth-order valence-electron chi connectivity index (χ4n) is 2.70. The first-order chi connectivity index (χ1) is 13.4. The first-order valence-electron chi connectivity index (χ1n) is 8.94. The highest BCUT2D eigenvalue weighted by Gasteiger charge is 2.09. The molecule has 2 rings (SSSR count). The molecule has 2 aromatic rings. The standard InChI is InChI=1S/C20H28N4O3S.HI/c1-15-8-9-18(19(10-15)27-4)13-24-20(21-2)23-12-16-6-5-7-17(11-16)14-28(25,26)22-3;/h5-11,22H,12-14H2,1-4H3,(H2,21,23,24);1H. The van der Waals surface area contributed by atoms with Crippen molar-refractivity contribution in [1.82, 2.24) is 15.4 Å². The minimum atomic E-state index is -3.29. The summed E-state index contributed by atoms with van der Waals surface area (Å²) in [6.07, 6.45) is 0. The first kappa shape index (κ1) is 25.2. The SMILES string of the molecule is CN=C(NCc1cccc(CS(=O)(=O)NC)c1)NCc1ccc(C)cc1OC.I. The van der Waals surface area contributed by atoms with Gasteiger partial charge in [-0.3, -0.25) is 4.99 Å². The number of benzene rings is 2. The van der Waals surface area contributed by atoms with E-state index in [4.69, 9.17) is 4.74 Å². The van der Waals surface area contributed by atoms with Gasteiger partial charge in [-0.05, 0) is 36.7 Å². The van der Waals surface area contributed by atoms with Crippen molar-refractivity contribution in [3.63, 3.8) is 0 Å². The smallest absolute Gasteiger partial charge is 0.215 e. The number of sulfonamides is 1. The topological polar surface area (TPSA) is 91.8 Å². The maximum Gasteiger partial charge on any atom is 0.215 e. The van der Waals surface area contributed by atoms with E-state index in [-0.39, 0.29) is 29.7 Å². The molecule has 0 amide bonds. The third-order valence-corrected chi connectivity index (χ3v) is 5.57. The van der Waals surface area contributed by atoms with Crippen molar-refractivity contribution in [2.75, 3.05) is 21.2 Å². The molecule has 0 aliphatic rings. The minimum Gasteiger partial charge on any atom is -0.496 e. The number of halogens is 1. The number of aryl methyl sites for hydroxylation is 1. The molecule has 0 aliphatic heterocycles. The van der Waals surface area contributed by atoms with Crippen molar-refractivity contribution in [3.8, 4) is 5.75 Å². The number of ether oxygens (including phenoxy) is 1. The number of hydrogen-bond acceptors (Lipinski definition) is 4. The van der Waals surface area contributed by atoms with Crippen LogP contribution in [0.25, 0.3) is 0 Å². The van der Waals surface area contributed by atoms with Gasteiger partial charge in [0.15, 0.2) is 5.96 Å². The van der Waals surface area contributed by atoms with Crippen LogP contribution in [0.3, 0.4) is 0 Å². The fraction of sp³-hybridized carbons (Fsp3) is 0.350. The van der Waals surface area contributed by atoms with Gasteiger partial charge in [0.2, 0.25) is 10.0 Å². The molecule has 160 valence electrons. The zero-order chi connectivity index (χ0) is 20.6. The lowest BCUT2D eigenvalue weighted by atomic mass is 10.1. The molecule has 0 fully saturated rings. The normalized spacial score (nSPS) is 11.5. The lowest BCUT2D eigenvalue weighted by Crippen LogP contribution is -2.36. The van der Waals surface area contributed by atoms with Crippen LogP contribution in [-0.2, 0) is 28.9 Å². The van der Waals surface area contributed by atoms with Gasteiger partial charge in [0.1, 0.15) is 5.75 Å². The predicted molar refractivity (Wildman–Crippen MR) is 128 cm³/mol. The molecule has 9 heteroatoms. The third kappa shape index (κ3) is 8.19. The summed E-state index contributed by atoms with van der Waals surface area (Å²) in [6, 6.07) is 13.5. The second-order valence-electron chi connectivity index (χ2n) is 6.38. The molecule has 2 aromatic carbocycles. The lowest BCUT2D eigenvalue weighted by molar-refractivity contribution is 0.408. The van der Waals surface area contributed by atoms with Crippen LogP contribution in [-0.4, -0.2) is 35.6 Å². The van der Waals surface area contributed by atoms with E-state index in [0.29, 0.717) is 19.0 Å². The van der Waals surface area contributed by atoms with Crippen LogP contribution in [0, 0.1) is 6.92 Å². The zero-order valence-corrected chi connectivity index (χ0v) is 20.3. The lowest BCUT2D eigenvalue weighted by Gasteiger charge is -2.14. The summed E-state index contributed by atoms with van der Waals surface area (Å²) in [5.41, 5.74) is 3.89. The van der Waals surface area contributed by atoms with Gasteiger partial charge in [0.25, 0.3) is 0 Å². The summed E-state index contributed by atoms with van der Waals surface area (Å²) in [5.74, 6) is 1.44. The molecule has 29 heavy (non-hydrogen) atoms. The Kier molecular flexibility index (Phi) is 10.4. The minimum absolute atomic E-state index is 0. The van der Waals surface area contributed by atoms with Gasteiger partial charge in [-0.2, -0.15) is 0 Å². The summed E-state index contributed by atoms with van der Waals surface area (Å²) in [4.78, 5) is 4.23.